The molecule has 8 nitrogen and oxygen atoms in total. The van der Waals surface area contributed by atoms with Gasteiger partial charge in [-0.1, -0.05) is 32.4 Å². The fourth-order valence-electron chi connectivity index (χ4n) is 3.90. The number of aromatic nitrogens is 1. The van der Waals surface area contributed by atoms with E-state index < -0.39 is 39.7 Å². The fourth-order valence-corrected chi connectivity index (χ4v) is 5.99. The molecule has 1 aromatic carbocycles. The number of sulfonamides is 1. The summed E-state index contributed by atoms with van der Waals surface area (Å²) < 4.78 is 78.3. The molecular formula is C19H21ClF3N3O5S. The minimum Gasteiger partial charge on any atom is -0.439 e. The molecule has 2 saturated heterocycles. The van der Waals surface area contributed by atoms with Crippen molar-refractivity contribution >= 4 is 38.6 Å². The Morgan fingerprint density at radius 2 is 1.91 bits per heavy atom. The highest BCUT2D eigenvalue weighted by atomic mass is 35.5. The monoisotopic (exact) mass is 495 g/mol. The van der Waals surface area contributed by atoms with E-state index in [0.717, 1.165) is 4.31 Å². The third-order valence-corrected chi connectivity index (χ3v) is 7.80. The van der Waals surface area contributed by atoms with Crippen LogP contribution in [0.3, 0.4) is 0 Å². The molecule has 4 rings (SSSR count). The van der Waals surface area contributed by atoms with Crippen LogP contribution >= 0.6 is 11.6 Å². The SMILES string of the molecule is CC(C)(C)c1nc2ccc(Cl)c(S(=O)(=O)N3C[C@@H]4[C@@H](C3)OCCN4C(=O)C(F)(F)F)c2o1. The first-order chi connectivity index (χ1) is 14.7. The molecule has 0 aliphatic carbocycles. The van der Waals surface area contributed by atoms with E-state index in [1.54, 1.807) is 0 Å². The molecule has 0 unspecified atom stereocenters. The lowest BCUT2D eigenvalue weighted by atomic mass is 9.97. The normalized spacial score (nSPS) is 23.0. The predicted molar refractivity (Wildman–Crippen MR) is 108 cm³/mol. The van der Waals surface area contributed by atoms with Crippen LogP contribution < -0.4 is 0 Å². The summed E-state index contributed by atoms with van der Waals surface area (Å²) >= 11 is 6.24. The maximum absolute atomic E-state index is 13.5. The Morgan fingerprint density at radius 1 is 1.22 bits per heavy atom. The van der Waals surface area contributed by atoms with Crippen molar-refractivity contribution < 1.29 is 35.5 Å². The maximum atomic E-state index is 13.5. The molecule has 3 heterocycles. The lowest BCUT2D eigenvalue weighted by Gasteiger charge is -2.37. The summed E-state index contributed by atoms with van der Waals surface area (Å²) in [4.78, 5) is 16.5. The van der Waals surface area contributed by atoms with Crippen molar-refractivity contribution in [3.05, 3.63) is 23.0 Å². The minimum absolute atomic E-state index is 0.0264. The number of hydrogen-bond donors (Lipinski definition) is 0. The average Bonchev–Trinajstić information content (AvgIpc) is 3.30. The van der Waals surface area contributed by atoms with Crippen molar-refractivity contribution in [2.75, 3.05) is 26.2 Å². The molecule has 0 saturated carbocycles. The van der Waals surface area contributed by atoms with Crippen LogP contribution in [-0.4, -0.2) is 73.1 Å². The van der Waals surface area contributed by atoms with Gasteiger partial charge in [-0.2, -0.15) is 17.5 Å². The van der Waals surface area contributed by atoms with Gasteiger partial charge in [-0.3, -0.25) is 4.79 Å². The van der Waals surface area contributed by atoms with E-state index >= 15 is 0 Å². The number of alkyl halides is 3. The van der Waals surface area contributed by atoms with Gasteiger partial charge in [-0.05, 0) is 12.1 Å². The summed E-state index contributed by atoms with van der Waals surface area (Å²) in [6.07, 6.45) is -5.95. The van der Waals surface area contributed by atoms with Gasteiger partial charge in [0.1, 0.15) is 10.4 Å². The van der Waals surface area contributed by atoms with Gasteiger partial charge in [-0.25, -0.2) is 13.4 Å². The number of ether oxygens (including phenoxy) is 1. The molecule has 176 valence electrons. The molecule has 2 aromatic rings. The lowest BCUT2D eigenvalue weighted by Crippen LogP contribution is -2.56. The van der Waals surface area contributed by atoms with Crippen molar-refractivity contribution in [2.45, 2.75) is 49.4 Å². The topological polar surface area (TPSA) is 93.0 Å². The van der Waals surface area contributed by atoms with E-state index in [1.807, 2.05) is 20.8 Å². The Labute approximate surface area is 187 Å². The molecule has 32 heavy (non-hydrogen) atoms. The Hall–Kier alpha value is -1.89. The second kappa shape index (κ2) is 7.57. The molecule has 0 N–H and O–H groups in total. The molecule has 2 atom stereocenters. The average molecular weight is 496 g/mol. The largest absolute Gasteiger partial charge is 0.471 e. The van der Waals surface area contributed by atoms with Crippen LogP contribution in [0.5, 0.6) is 0 Å². The number of carbonyl (C=O) groups is 1. The van der Waals surface area contributed by atoms with Crippen molar-refractivity contribution in [3.8, 4) is 0 Å². The van der Waals surface area contributed by atoms with E-state index in [1.165, 1.54) is 12.1 Å². The molecule has 13 heteroatoms. The number of amides is 1. The van der Waals surface area contributed by atoms with Crippen LogP contribution in [-0.2, 0) is 25.0 Å². The fraction of sp³-hybridized carbons (Fsp3) is 0.579. The smallest absolute Gasteiger partial charge is 0.439 e. The van der Waals surface area contributed by atoms with Gasteiger partial charge in [0.25, 0.3) is 0 Å². The number of nitrogens with zero attached hydrogens (tertiary/aromatic N) is 3. The van der Waals surface area contributed by atoms with Crippen LogP contribution in [0.2, 0.25) is 5.02 Å². The van der Waals surface area contributed by atoms with Gasteiger partial charge in [0.05, 0.1) is 23.8 Å². The molecule has 0 radical (unpaired) electrons. The van der Waals surface area contributed by atoms with E-state index in [-0.39, 0.29) is 41.7 Å². The van der Waals surface area contributed by atoms with Crippen molar-refractivity contribution in [2.24, 2.45) is 0 Å². The summed E-state index contributed by atoms with van der Waals surface area (Å²) in [6, 6.07) is 1.85. The van der Waals surface area contributed by atoms with Crippen LogP contribution in [0.1, 0.15) is 26.7 Å². The summed E-state index contributed by atoms with van der Waals surface area (Å²) in [6.45, 7) is 4.57. The van der Waals surface area contributed by atoms with E-state index in [9.17, 15) is 26.4 Å². The third-order valence-electron chi connectivity index (χ3n) is 5.47. The number of carbonyl (C=O) groups excluding carboxylic acids is 1. The highest BCUT2D eigenvalue weighted by molar-refractivity contribution is 7.89. The first-order valence-electron chi connectivity index (χ1n) is 9.80. The molecule has 2 aliphatic heterocycles. The van der Waals surface area contributed by atoms with E-state index in [4.69, 9.17) is 20.8 Å². The summed E-state index contributed by atoms with van der Waals surface area (Å²) in [7, 11) is -4.30. The number of fused-ring (bicyclic) bond motifs is 2. The van der Waals surface area contributed by atoms with Crippen molar-refractivity contribution in [1.29, 1.82) is 0 Å². The summed E-state index contributed by atoms with van der Waals surface area (Å²) in [5.74, 6) is -1.70. The summed E-state index contributed by atoms with van der Waals surface area (Å²) in [5, 5.41) is -0.104. The minimum atomic E-state index is -5.06. The molecule has 1 aromatic heterocycles. The lowest BCUT2D eigenvalue weighted by molar-refractivity contribution is -0.194. The molecule has 0 spiro atoms. The maximum Gasteiger partial charge on any atom is 0.471 e. The Balaban J connectivity index is 1.72. The van der Waals surface area contributed by atoms with Crippen LogP contribution in [0.4, 0.5) is 13.2 Å². The number of benzene rings is 1. The Kier molecular flexibility index (Phi) is 5.51. The van der Waals surface area contributed by atoms with Crippen LogP contribution in [0, 0.1) is 0 Å². The van der Waals surface area contributed by atoms with E-state index in [2.05, 4.69) is 4.98 Å². The van der Waals surface area contributed by atoms with Gasteiger partial charge in [-0.15, -0.1) is 0 Å². The van der Waals surface area contributed by atoms with E-state index in [0.29, 0.717) is 16.3 Å². The van der Waals surface area contributed by atoms with Gasteiger partial charge in [0, 0.05) is 25.0 Å². The zero-order valence-corrected chi connectivity index (χ0v) is 19.0. The summed E-state index contributed by atoms with van der Waals surface area (Å²) in [5.41, 5.74) is -0.234. The highest BCUT2D eigenvalue weighted by Gasteiger charge is 2.52. The second-order valence-electron chi connectivity index (χ2n) is 8.79. The quantitative estimate of drug-likeness (QED) is 0.636. The highest BCUT2D eigenvalue weighted by Crippen LogP contribution is 2.38. The van der Waals surface area contributed by atoms with Crippen LogP contribution in [0.25, 0.3) is 11.1 Å². The zero-order valence-electron chi connectivity index (χ0n) is 17.4. The third kappa shape index (κ3) is 3.87. The number of rotatable bonds is 2. The Morgan fingerprint density at radius 3 is 2.53 bits per heavy atom. The molecule has 2 aliphatic rings. The number of hydrogen-bond acceptors (Lipinski definition) is 6. The van der Waals surface area contributed by atoms with Gasteiger partial charge in [0.2, 0.25) is 15.9 Å². The standard InChI is InChI=1S/C19H21ClF3N3O5S/c1-18(2,3)16-24-11-5-4-10(20)15(14(11)31-16)32(28,29)25-8-12-13(9-25)30-7-6-26(12)17(27)19(21,22)23/h4-5,12-13H,6-9H2,1-3H3/t12-,13-/m1/s1. The number of halogens is 4. The Bertz CT molecular complexity index is 1180. The molecular weight excluding hydrogens is 475 g/mol. The van der Waals surface area contributed by atoms with Crippen molar-refractivity contribution in [1.82, 2.24) is 14.2 Å². The zero-order chi connectivity index (χ0) is 23.6. The number of morpholine rings is 1. The molecule has 2 fully saturated rings. The van der Waals surface area contributed by atoms with Crippen LogP contribution in [0.15, 0.2) is 21.4 Å². The van der Waals surface area contributed by atoms with Gasteiger partial charge in [0.15, 0.2) is 5.58 Å². The first-order valence-corrected chi connectivity index (χ1v) is 11.6. The first kappa shape index (κ1) is 23.3. The molecule has 0 bridgehead atoms. The van der Waals surface area contributed by atoms with Gasteiger partial charge >= 0.3 is 12.1 Å². The van der Waals surface area contributed by atoms with Gasteiger partial charge < -0.3 is 14.1 Å². The number of oxazole rings is 1. The second-order valence-corrected chi connectivity index (χ2v) is 11.1. The predicted octanol–water partition coefficient (Wildman–Crippen LogP) is 2.94. The molecule has 1 amide bonds. The van der Waals surface area contributed by atoms with Crippen molar-refractivity contribution in [3.63, 3.8) is 0 Å².